The normalized spacial score (nSPS) is 19.2. The van der Waals surface area contributed by atoms with Crippen molar-refractivity contribution in [2.24, 2.45) is 0 Å². The highest BCUT2D eigenvalue weighted by Crippen LogP contribution is 2.67. The second-order valence-corrected chi connectivity index (χ2v) is 12.5. The summed E-state index contributed by atoms with van der Waals surface area (Å²) >= 11 is 0. The Kier molecular flexibility index (Phi) is 7.63. The van der Waals surface area contributed by atoms with Crippen molar-refractivity contribution < 1.29 is 24.2 Å². The number of hydrogen-bond donors (Lipinski definition) is 2. The molecule has 3 aromatic rings. The molecule has 0 bridgehead atoms. The lowest BCUT2D eigenvalue weighted by molar-refractivity contribution is 0.182. The van der Waals surface area contributed by atoms with Gasteiger partial charge in [-0.2, -0.15) is 0 Å². The molecule has 0 amide bonds. The summed E-state index contributed by atoms with van der Waals surface area (Å²) in [6.07, 6.45) is 2.69. The fourth-order valence-corrected chi connectivity index (χ4v) is 7.22. The number of methoxy groups -OCH3 is 2. The fourth-order valence-electron chi connectivity index (χ4n) is 5.06. The van der Waals surface area contributed by atoms with Crippen molar-refractivity contribution in [1.29, 1.82) is 0 Å². The first-order valence-corrected chi connectivity index (χ1v) is 14.0. The molecule has 0 fully saturated rings. The van der Waals surface area contributed by atoms with E-state index in [0.717, 1.165) is 27.8 Å². The van der Waals surface area contributed by atoms with Crippen LogP contribution in [-0.2, 0) is 20.6 Å². The zero-order valence-corrected chi connectivity index (χ0v) is 21.9. The molecule has 1 heterocycles. The van der Waals surface area contributed by atoms with Crippen LogP contribution in [0, 0.1) is 6.92 Å². The third kappa shape index (κ3) is 4.87. The SMILES string of the molecule is COCC1=C(O)[P+](C)(OC)CC(C(c2cc(C)c(O)c(COC)c2)c2cccc3ccccc23)=C1. The standard InChI is InChI=1S/C29H33O5P/c1-19-13-21(14-22(16-32-2)28(19)30)27(26-12-8-10-20-9-6-7-11-25(20)26)24-15-23(17-33-3)29(31)35(5,18-24)34-4/h6-15,27H,16-18H2,1-5H3,(H-,30,31)/p+1. The average Bonchev–Trinajstić information content (AvgIpc) is 2.86. The highest BCUT2D eigenvalue weighted by atomic mass is 31.2. The number of aromatic hydroxyl groups is 1. The summed E-state index contributed by atoms with van der Waals surface area (Å²) in [5.74, 6) is 0.155. The van der Waals surface area contributed by atoms with E-state index in [9.17, 15) is 10.2 Å². The second-order valence-electron chi connectivity index (χ2n) is 9.22. The molecule has 35 heavy (non-hydrogen) atoms. The Balaban J connectivity index is 2.01. The Morgan fingerprint density at radius 3 is 2.37 bits per heavy atom. The van der Waals surface area contributed by atoms with E-state index in [1.165, 1.54) is 16.3 Å². The number of benzene rings is 3. The minimum absolute atomic E-state index is 0.106. The van der Waals surface area contributed by atoms with Gasteiger partial charge in [-0.15, -0.1) is 0 Å². The Morgan fingerprint density at radius 1 is 0.943 bits per heavy atom. The van der Waals surface area contributed by atoms with Crippen LogP contribution >= 0.6 is 7.49 Å². The van der Waals surface area contributed by atoms with Gasteiger partial charge in [0.1, 0.15) is 11.9 Å². The molecule has 1 aliphatic heterocycles. The maximum absolute atomic E-state index is 11.1. The minimum Gasteiger partial charge on any atom is -0.507 e. The molecular weight excluding hydrogens is 459 g/mol. The summed E-state index contributed by atoms with van der Waals surface area (Å²) < 4.78 is 16.8. The predicted molar refractivity (Wildman–Crippen MR) is 144 cm³/mol. The molecule has 2 N–H and O–H groups in total. The average molecular weight is 494 g/mol. The van der Waals surface area contributed by atoms with Crippen molar-refractivity contribution >= 4 is 18.3 Å². The number of aliphatic hydroxyl groups is 1. The van der Waals surface area contributed by atoms with E-state index in [-0.39, 0.29) is 11.7 Å². The van der Waals surface area contributed by atoms with Gasteiger partial charge in [-0.05, 0) is 52.1 Å². The summed E-state index contributed by atoms with van der Waals surface area (Å²) in [5.41, 5.74) is 6.00. The second kappa shape index (κ2) is 10.5. The predicted octanol–water partition coefficient (Wildman–Crippen LogP) is 6.70. The van der Waals surface area contributed by atoms with Crippen molar-refractivity contribution in [1.82, 2.24) is 0 Å². The fraction of sp³-hybridized carbons (Fsp3) is 0.310. The zero-order valence-electron chi connectivity index (χ0n) is 21.0. The van der Waals surface area contributed by atoms with Crippen LogP contribution in [-0.4, -0.2) is 51.0 Å². The van der Waals surface area contributed by atoms with Gasteiger partial charge in [-0.25, -0.2) is 4.52 Å². The number of ether oxygens (including phenoxy) is 2. The van der Waals surface area contributed by atoms with Gasteiger partial charge in [0.2, 0.25) is 7.49 Å². The number of phenolic OH excluding ortho intramolecular Hbond substituents is 1. The van der Waals surface area contributed by atoms with E-state index in [4.69, 9.17) is 14.0 Å². The Hall–Kier alpha value is -2.69. The van der Waals surface area contributed by atoms with Crippen LogP contribution in [0.15, 0.2) is 77.3 Å². The highest BCUT2D eigenvalue weighted by Gasteiger charge is 2.46. The number of aliphatic hydroxyl groups excluding tert-OH is 1. The van der Waals surface area contributed by atoms with Crippen LogP contribution in [0.5, 0.6) is 5.75 Å². The lowest BCUT2D eigenvalue weighted by Crippen LogP contribution is -2.19. The lowest BCUT2D eigenvalue weighted by atomic mass is 9.81. The quantitative estimate of drug-likeness (QED) is 0.342. The Morgan fingerprint density at radius 2 is 1.66 bits per heavy atom. The molecule has 0 aromatic heterocycles. The van der Waals surface area contributed by atoms with E-state index >= 15 is 0 Å². The van der Waals surface area contributed by atoms with Gasteiger partial charge >= 0.3 is 0 Å². The third-order valence-electron chi connectivity index (χ3n) is 6.82. The van der Waals surface area contributed by atoms with Crippen molar-refractivity contribution in [2.75, 3.05) is 40.8 Å². The van der Waals surface area contributed by atoms with E-state index in [2.05, 4.69) is 48.5 Å². The molecule has 0 saturated heterocycles. The maximum atomic E-state index is 11.1. The lowest BCUT2D eigenvalue weighted by Gasteiger charge is -2.31. The van der Waals surface area contributed by atoms with Crippen LogP contribution in [0.4, 0.5) is 0 Å². The number of hydrogen-bond acceptors (Lipinski definition) is 5. The first-order valence-electron chi connectivity index (χ1n) is 11.6. The Bertz CT molecular complexity index is 1290. The first-order chi connectivity index (χ1) is 16.8. The highest BCUT2D eigenvalue weighted by molar-refractivity contribution is 7.74. The van der Waals surface area contributed by atoms with Gasteiger partial charge < -0.3 is 19.7 Å². The molecule has 0 spiro atoms. The number of allylic oxidation sites excluding steroid dienone is 1. The number of rotatable bonds is 8. The number of phenols is 1. The molecule has 5 nitrogen and oxygen atoms in total. The number of aryl methyl sites for hydroxylation is 1. The van der Waals surface area contributed by atoms with Gasteiger partial charge in [-0.3, -0.25) is 0 Å². The molecule has 2 unspecified atom stereocenters. The van der Waals surface area contributed by atoms with Crippen LogP contribution < -0.4 is 0 Å². The summed E-state index contributed by atoms with van der Waals surface area (Å²) in [6.45, 7) is 4.56. The van der Waals surface area contributed by atoms with Gasteiger partial charge in [0.25, 0.3) is 5.50 Å². The van der Waals surface area contributed by atoms with Crippen molar-refractivity contribution in [2.45, 2.75) is 19.4 Å². The van der Waals surface area contributed by atoms with E-state index in [1.54, 1.807) is 21.3 Å². The Labute approximate surface area is 208 Å². The van der Waals surface area contributed by atoms with E-state index in [0.29, 0.717) is 24.9 Å². The van der Waals surface area contributed by atoms with Crippen molar-refractivity contribution in [3.63, 3.8) is 0 Å². The first kappa shape index (κ1) is 25.4. The molecule has 1 aliphatic rings. The summed E-state index contributed by atoms with van der Waals surface area (Å²) in [4.78, 5) is 0. The van der Waals surface area contributed by atoms with Gasteiger partial charge in [0, 0.05) is 25.7 Å². The molecule has 0 aliphatic carbocycles. The van der Waals surface area contributed by atoms with E-state index in [1.807, 2.05) is 25.7 Å². The molecule has 2 atom stereocenters. The molecule has 4 rings (SSSR count). The van der Waals surface area contributed by atoms with Crippen LogP contribution in [0.2, 0.25) is 0 Å². The van der Waals surface area contributed by atoms with Gasteiger partial charge in [-0.1, -0.05) is 48.5 Å². The van der Waals surface area contributed by atoms with Crippen molar-refractivity contribution in [3.05, 3.63) is 99.6 Å². The van der Waals surface area contributed by atoms with E-state index < -0.39 is 7.49 Å². The number of fused-ring (bicyclic) bond motifs is 1. The molecule has 184 valence electrons. The van der Waals surface area contributed by atoms with Gasteiger partial charge in [0.15, 0.2) is 0 Å². The van der Waals surface area contributed by atoms with Gasteiger partial charge in [0.05, 0.1) is 32.6 Å². The topological polar surface area (TPSA) is 68.2 Å². The third-order valence-corrected chi connectivity index (χ3v) is 9.78. The largest absolute Gasteiger partial charge is 0.507 e. The summed E-state index contributed by atoms with van der Waals surface area (Å²) in [5, 5.41) is 24.1. The van der Waals surface area contributed by atoms with Crippen molar-refractivity contribution in [3.8, 4) is 5.75 Å². The summed E-state index contributed by atoms with van der Waals surface area (Å²) in [7, 11) is 2.67. The van der Waals surface area contributed by atoms with Crippen LogP contribution in [0.1, 0.15) is 28.2 Å². The minimum atomic E-state index is -2.27. The molecular formula is C29H34O5P+. The molecule has 0 radical (unpaired) electrons. The monoisotopic (exact) mass is 493 g/mol. The molecule has 3 aromatic carbocycles. The molecule has 0 saturated carbocycles. The molecule has 6 heteroatoms. The maximum Gasteiger partial charge on any atom is 0.273 e. The van der Waals surface area contributed by atoms with Crippen LogP contribution in [0.3, 0.4) is 0 Å². The summed E-state index contributed by atoms with van der Waals surface area (Å²) in [6, 6.07) is 18.9. The van der Waals surface area contributed by atoms with Crippen LogP contribution in [0.25, 0.3) is 10.8 Å². The smallest absolute Gasteiger partial charge is 0.273 e. The zero-order chi connectivity index (χ0) is 25.2.